The van der Waals surface area contributed by atoms with E-state index in [0.29, 0.717) is 25.3 Å². The Balaban J connectivity index is 1.83. The summed E-state index contributed by atoms with van der Waals surface area (Å²) in [7, 11) is 0. The molecule has 1 aliphatic rings. The van der Waals surface area contributed by atoms with Gasteiger partial charge in [-0.1, -0.05) is 0 Å². The lowest BCUT2D eigenvalue weighted by Crippen LogP contribution is -2.28. The largest absolute Gasteiger partial charge is 0.379 e. The summed E-state index contributed by atoms with van der Waals surface area (Å²) in [5, 5.41) is 15.5. The summed E-state index contributed by atoms with van der Waals surface area (Å²) >= 11 is 1.63. The van der Waals surface area contributed by atoms with Crippen LogP contribution < -0.4 is 5.32 Å². The molecule has 0 saturated carbocycles. The third-order valence-electron chi connectivity index (χ3n) is 4.28. The molecule has 1 N–H and O–H groups in total. The number of nitrogens with one attached hydrogen (secondary N) is 1. The van der Waals surface area contributed by atoms with Crippen molar-refractivity contribution >= 4 is 28.6 Å². The number of aromatic nitrogens is 1. The van der Waals surface area contributed by atoms with E-state index in [2.05, 4.69) is 10.3 Å². The first-order chi connectivity index (χ1) is 12.0. The molecule has 0 aliphatic carbocycles. The molecule has 1 amide bonds. The third kappa shape index (κ3) is 3.79. The summed E-state index contributed by atoms with van der Waals surface area (Å²) in [6.07, 6.45) is 1.89. The normalized spacial score (nSPS) is 13.9. The average molecular weight is 360 g/mol. The predicted octanol–water partition coefficient (Wildman–Crippen LogP) is 3.52. The van der Waals surface area contributed by atoms with Crippen LogP contribution in [0.3, 0.4) is 0 Å². The Labute approximate surface area is 149 Å². The Morgan fingerprint density at radius 1 is 1.36 bits per heavy atom. The molecule has 0 radical (unpaired) electrons. The van der Waals surface area contributed by atoms with Crippen molar-refractivity contribution in [3.05, 3.63) is 49.5 Å². The highest BCUT2D eigenvalue weighted by Gasteiger charge is 2.27. The van der Waals surface area contributed by atoms with Gasteiger partial charge in [0, 0.05) is 29.7 Å². The van der Waals surface area contributed by atoms with Gasteiger partial charge in [0.25, 0.3) is 11.6 Å². The Morgan fingerprint density at radius 2 is 2.08 bits per heavy atom. The monoisotopic (exact) mass is 360 g/mol. The molecule has 7 nitrogen and oxygen atoms in total. The molecule has 2 aromatic rings. The second kappa shape index (κ2) is 7.18. The minimum absolute atomic E-state index is 0.142. The van der Waals surface area contributed by atoms with E-state index in [1.54, 1.807) is 28.4 Å². The second-order valence-electron chi connectivity index (χ2n) is 6.08. The highest BCUT2D eigenvalue weighted by atomic mass is 32.1. The minimum Gasteiger partial charge on any atom is -0.379 e. The van der Waals surface area contributed by atoms with Crippen LogP contribution in [0.15, 0.2) is 18.2 Å². The van der Waals surface area contributed by atoms with Gasteiger partial charge >= 0.3 is 0 Å². The van der Waals surface area contributed by atoms with Crippen LogP contribution in [0.5, 0.6) is 0 Å². The minimum atomic E-state index is -0.499. The molecule has 0 atom stereocenters. The Bertz CT molecular complexity index is 812. The van der Waals surface area contributed by atoms with Crippen LogP contribution in [0.1, 0.15) is 38.8 Å². The van der Waals surface area contributed by atoms with E-state index in [-0.39, 0.29) is 17.2 Å². The molecule has 1 aromatic heterocycles. The smallest absolute Gasteiger partial charge is 0.282 e. The number of thiazole rings is 1. The van der Waals surface area contributed by atoms with Crippen molar-refractivity contribution in [1.82, 2.24) is 9.88 Å². The van der Waals surface area contributed by atoms with Gasteiger partial charge in [0.2, 0.25) is 0 Å². The number of nitrogens with zero attached hydrogens (tertiary/aromatic N) is 3. The van der Waals surface area contributed by atoms with Crippen molar-refractivity contribution in [2.24, 2.45) is 0 Å². The molecule has 0 bridgehead atoms. The molecule has 1 fully saturated rings. The van der Waals surface area contributed by atoms with Gasteiger partial charge in [0.15, 0.2) is 0 Å². The van der Waals surface area contributed by atoms with E-state index in [4.69, 9.17) is 0 Å². The summed E-state index contributed by atoms with van der Waals surface area (Å²) in [6, 6.07) is 4.60. The fourth-order valence-corrected chi connectivity index (χ4v) is 3.82. The predicted molar refractivity (Wildman–Crippen MR) is 97.1 cm³/mol. The number of carbonyl (C=O) groups is 1. The van der Waals surface area contributed by atoms with Crippen molar-refractivity contribution in [3.63, 3.8) is 0 Å². The first-order valence-electron chi connectivity index (χ1n) is 8.20. The van der Waals surface area contributed by atoms with Crippen molar-refractivity contribution < 1.29 is 9.72 Å². The van der Waals surface area contributed by atoms with Crippen molar-refractivity contribution in [2.75, 3.05) is 18.4 Å². The number of nitro benzene ring substituents is 1. The topological polar surface area (TPSA) is 88.4 Å². The Hall–Kier alpha value is -2.48. The SMILES string of the molecule is Cc1nc(CNc2ccc([N+](=O)[O-])c(C(=O)N3CCCC3)c2)c(C)s1. The third-order valence-corrected chi connectivity index (χ3v) is 5.20. The number of nitro groups is 1. The Kier molecular flexibility index (Phi) is 4.98. The van der Waals surface area contributed by atoms with Gasteiger partial charge in [0.05, 0.1) is 22.2 Å². The maximum absolute atomic E-state index is 12.6. The number of hydrogen-bond donors (Lipinski definition) is 1. The van der Waals surface area contributed by atoms with E-state index in [1.165, 1.54) is 6.07 Å². The zero-order valence-corrected chi connectivity index (χ0v) is 15.1. The lowest BCUT2D eigenvalue weighted by molar-refractivity contribution is -0.385. The molecule has 8 heteroatoms. The molecular weight excluding hydrogens is 340 g/mol. The number of carbonyl (C=O) groups excluding carboxylic acids is 1. The van der Waals surface area contributed by atoms with E-state index >= 15 is 0 Å². The number of aryl methyl sites for hydroxylation is 2. The van der Waals surface area contributed by atoms with Crippen molar-refractivity contribution in [3.8, 4) is 0 Å². The van der Waals surface area contributed by atoms with E-state index in [0.717, 1.165) is 28.4 Å². The van der Waals surface area contributed by atoms with Crippen LogP contribution in [-0.4, -0.2) is 33.8 Å². The molecule has 25 heavy (non-hydrogen) atoms. The lowest BCUT2D eigenvalue weighted by atomic mass is 10.1. The second-order valence-corrected chi connectivity index (χ2v) is 7.48. The molecule has 1 aromatic carbocycles. The standard InChI is InChI=1S/C17H20N4O3S/c1-11-15(19-12(2)25-11)10-18-13-5-6-16(21(23)24)14(9-13)17(22)20-7-3-4-8-20/h5-6,9,18H,3-4,7-8,10H2,1-2H3. The van der Waals surface area contributed by atoms with Crippen LogP contribution in [0.2, 0.25) is 0 Å². The van der Waals surface area contributed by atoms with E-state index in [9.17, 15) is 14.9 Å². The van der Waals surface area contributed by atoms with Gasteiger partial charge in [-0.3, -0.25) is 14.9 Å². The molecule has 2 heterocycles. The number of amides is 1. The summed E-state index contributed by atoms with van der Waals surface area (Å²) in [5.41, 5.74) is 1.62. The summed E-state index contributed by atoms with van der Waals surface area (Å²) in [4.78, 5) is 30.7. The number of rotatable bonds is 5. The van der Waals surface area contributed by atoms with Crippen LogP contribution in [0, 0.1) is 24.0 Å². The summed E-state index contributed by atoms with van der Waals surface area (Å²) in [6.45, 7) is 5.81. The molecule has 0 spiro atoms. The highest BCUT2D eigenvalue weighted by Crippen LogP contribution is 2.26. The van der Waals surface area contributed by atoms with Crippen molar-refractivity contribution in [1.29, 1.82) is 0 Å². The molecule has 0 unspecified atom stereocenters. The molecule has 1 saturated heterocycles. The quantitative estimate of drug-likeness (QED) is 0.651. The van der Waals surface area contributed by atoms with Gasteiger partial charge in [-0.05, 0) is 38.8 Å². The number of likely N-dealkylation sites (tertiary alicyclic amines) is 1. The van der Waals surface area contributed by atoms with Gasteiger partial charge in [0.1, 0.15) is 5.56 Å². The number of anilines is 1. The molecule has 3 rings (SSSR count). The fourth-order valence-electron chi connectivity index (χ4n) is 2.99. The molecule has 132 valence electrons. The molecule has 1 aliphatic heterocycles. The van der Waals surface area contributed by atoms with Crippen LogP contribution >= 0.6 is 11.3 Å². The van der Waals surface area contributed by atoms with Crippen LogP contribution in [0.25, 0.3) is 0 Å². The highest BCUT2D eigenvalue weighted by molar-refractivity contribution is 7.11. The van der Waals surface area contributed by atoms with Gasteiger partial charge < -0.3 is 10.2 Å². The fraction of sp³-hybridized carbons (Fsp3) is 0.412. The maximum Gasteiger partial charge on any atom is 0.282 e. The van der Waals surface area contributed by atoms with Crippen LogP contribution in [-0.2, 0) is 6.54 Å². The zero-order valence-electron chi connectivity index (χ0n) is 14.2. The zero-order chi connectivity index (χ0) is 18.0. The first kappa shape index (κ1) is 17.3. The van der Waals surface area contributed by atoms with Crippen LogP contribution in [0.4, 0.5) is 11.4 Å². The number of hydrogen-bond acceptors (Lipinski definition) is 6. The average Bonchev–Trinajstić information content (AvgIpc) is 3.21. The lowest BCUT2D eigenvalue weighted by Gasteiger charge is -2.16. The van der Waals surface area contributed by atoms with Gasteiger partial charge in [-0.2, -0.15) is 0 Å². The summed E-state index contributed by atoms with van der Waals surface area (Å²) < 4.78 is 0. The van der Waals surface area contributed by atoms with E-state index in [1.807, 2.05) is 13.8 Å². The van der Waals surface area contributed by atoms with Crippen molar-refractivity contribution in [2.45, 2.75) is 33.2 Å². The molecular formula is C17H20N4O3S. The van der Waals surface area contributed by atoms with Gasteiger partial charge in [-0.25, -0.2) is 4.98 Å². The first-order valence-corrected chi connectivity index (χ1v) is 9.02. The van der Waals surface area contributed by atoms with Gasteiger partial charge in [-0.15, -0.1) is 11.3 Å². The number of benzene rings is 1. The van der Waals surface area contributed by atoms with E-state index < -0.39 is 4.92 Å². The maximum atomic E-state index is 12.6. The summed E-state index contributed by atoms with van der Waals surface area (Å²) in [5.74, 6) is -0.270. The Morgan fingerprint density at radius 3 is 2.68 bits per heavy atom.